The maximum atomic E-state index is 10.4. The number of quaternary nitrogens is 1. The average Bonchev–Trinajstić information content (AvgIpc) is 2.88. The molecule has 1 aromatic carbocycles. The molecule has 37 heavy (non-hydrogen) atoms. The average molecular weight is 537 g/mol. The van der Waals surface area contributed by atoms with Crippen LogP contribution in [0.25, 0.3) is 0 Å². The molecule has 2 atom stereocenters. The second-order valence-electron chi connectivity index (χ2n) is 11.7. The Morgan fingerprint density at radius 1 is 0.865 bits per heavy atom. The molecule has 0 radical (unpaired) electrons. The molecule has 0 fully saturated rings. The standard InChI is InChI=1S/C31H55NO4P/c1-32(2,3)22-16-24-37(33)23-15-14-21-31(36-27-29-17-11-9-12-18-29)20-13-8-6-4-5-7-10-19-30-25-34-28-35-26-30/h9,11-12,17-18,25,31,33H,4-8,10,13-16,19-24,26-28H2,1-3H3/q+1. The van der Waals surface area contributed by atoms with Crippen molar-refractivity contribution in [3.63, 3.8) is 0 Å². The molecule has 0 aromatic heterocycles. The zero-order chi connectivity index (χ0) is 26.6. The van der Waals surface area contributed by atoms with E-state index in [9.17, 15) is 4.89 Å². The minimum atomic E-state index is -0.802. The van der Waals surface area contributed by atoms with Gasteiger partial charge >= 0.3 is 0 Å². The molecule has 5 nitrogen and oxygen atoms in total. The predicted octanol–water partition coefficient (Wildman–Crippen LogP) is 7.63. The number of hydrogen-bond donors (Lipinski definition) is 1. The van der Waals surface area contributed by atoms with Crippen molar-refractivity contribution >= 4 is 8.15 Å². The molecular weight excluding hydrogens is 481 g/mol. The first-order valence-corrected chi connectivity index (χ1v) is 16.4. The van der Waals surface area contributed by atoms with Gasteiger partial charge in [-0.15, -0.1) is 0 Å². The minimum absolute atomic E-state index is 0.330. The second kappa shape index (κ2) is 20.0. The van der Waals surface area contributed by atoms with Gasteiger partial charge in [-0.05, 0) is 55.6 Å². The number of benzene rings is 1. The van der Waals surface area contributed by atoms with Gasteiger partial charge in [-0.1, -0.05) is 75.3 Å². The summed E-state index contributed by atoms with van der Waals surface area (Å²) in [6.45, 7) is 2.99. The van der Waals surface area contributed by atoms with E-state index in [0.717, 1.165) is 68.5 Å². The Morgan fingerprint density at radius 2 is 1.51 bits per heavy atom. The molecule has 0 amide bonds. The van der Waals surface area contributed by atoms with E-state index in [1.54, 1.807) is 0 Å². The van der Waals surface area contributed by atoms with Crippen LogP contribution in [-0.2, 0) is 20.8 Å². The van der Waals surface area contributed by atoms with Crippen molar-refractivity contribution in [2.45, 2.75) is 96.2 Å². The lowest BCUT2D eigenvalue weighted by molar-refractivity contribution is -0.870. The Morgan fingerprint density at radius 3 is 2.19 bits per heavy atom. The van der Waals surface area contributed by atoms with Crippen molar-refractivity contribution in [2.24, 2.45) is 0 Å². The molecule has 6 heteroatoms. The van der Waals surface area contributed by atoms with Gasteiger partial charge in [0, 0.05) is 14.6 Å². The number of hydrogen-bond acceptors (Lipinski definition) is 4. The van der Waals surface area contributed by atoms with Crippen LogP contribution in [0.5, 0.6) is 0 Å². The summed E-state index contributed by atoms with van der Waals surface area (Å²) in [6, 6.07) is 10.5. The van der Waals surface area contributed by atoms with Crippen molar-refractivity contribution in [2.75, 3.05) is 53.4 Å². The highest BCUT2D eigenvalue weighted by Crippen LogP contribution is 2.32. The van der Waals surface area contributed by atoms with E-state index < -0.39 is 8.15 Å². The molecule has 0 aliphatic carbocycles. The number of rotatable bonds is 22. The summed E-state index contributed by atoms with van der Waals surface area (Å²) < 4.78 is 17.9. The quantitative estimate of drug-likeness (QED) is 0.0940. The van der Waals surface area contributed by atoms with Gasteiger partial charge in [-0.3, -0.25) is 0 Å². The summed E-state index contributed by atoms with van der Waals surface area (Å²) in [5.41, 5.74) is 2.55. The van der Waals surface area contributed by atoms with Crippen LogP contribution in [0.1, 0.15) is 89.0 Å². The lowest BCUT2D eigenvalue weighted by Gasteiger charge is -2.24. The predicted molar refractivity (Wildman–Crippen MR) is 157 cm³/mol. The molecule has 2 unspecified atom stereocenters. The van der Waals surface area contributed by atoms with Crippen molar-refractivity contribution in [3.8, 4) is 0 Å². The first-order valence-electron chi connectivity index (χ1n) is 14.7. The molecule has 0 saturated heterocycles. The van der Waals surface area contributed by atoms with E-state index in [4.69, 9.17) is 14.2 Å². The summed E-state index contributed by atoms with van der Waals surface area (Å²) in [5, 5.41) is 0. The molecule has 1 N–H and O–H groups in total. The fourth-order valence-corrected chi connectivity index (χ4v) is 6.07. The van der Waals surface area contributed by atoms with Gasteiger partial charge in [0.25, 0.3) is 0 Å². The largest absolute Gasteiger partial charge is 0.475 e. The van der Waals surface area contributed by atoms with Crippen LogP contribution in [0.3, 0.4) is 0 Å². The van der Waals surface area contributed by atoms with Gasteiger partial charge in [-0.25, -0.2) is 0 Å². The van der Waals surface area contributed by atoms with Crippen molar-refractivity contribution in [3.05, 3.63) is 47.7 Å². The summed E-state index contributed by atoms with van der Waals surface area (Å²) in [7, 11) is 5.86. The Balaban J connectivity index is 1.56. The van der Waals surface area contributed by atoms with Crippen molar-refractivity contribution in [1.82, 2.24) is 0 Å². The smallest absolute Gasteiger partial charge is 0.188 e. The van der Waals surface area contributed by atoms with Gasteiger partial charge in [0.1, 0.15) is 0 Å². The molecule has 1 aliphatic heterocycles. The Hall–Kier alpha value is -0.970. The number of unbranched alkanes of at least 4 members (excludes halogenated alkanes) is 7. The lowest BCUT2D eigenvalue weighted by Crippen LogP contribution is -2.35. The molecule has 1 aromatic rings. The van der Waals surface area contributed by atoms with E-state index in [-0.39, 0.29) is 0 Å². The molecule has 1 heterocycles. The molecular formula is C31H55NO4P+. The van der Waals surface area contributed by atoms with Crippen LogP contribution in [0.4, 0.5) is 0 Å². The maximum Gasteiger partial charge on any atom is 0.188 e. The van der Waals surface area contributed by atoms with E-state index in [2.05, 4.69) is 51.5 Å². The highest BCUT2D eigenvalue weighted by Gasteiger charge is 2.12. The Labute approximate surface area is 229 Å². The molecule has 0 saturated carbocycles. The fraction of sp³-hybridized carbons (Fsp3) is 0.742. The molecule has 0 spiro atoms. The van der Waals surface area contributed by atoms with Gasteiger partial charge in [-0.2, -0.15) is 0 Å². The van der Waals surface area contributed by atoms with E-state index in [1.807, 2.05) is 6.26 Å². The third kappa shape index (κ3) is 18.0. The van der Waals surface area contributed by atoms with Gasteiger partial charge < -0.3 is 23.6 Å². The van der Waals surface area contributed by atoms with E-state index in [1.165, 1.54) is 56.1 Å². The first kappa shape index (κ1) is 32.2. The summed E-state index contributed by atoms with van der Waals surface area (Å²) in [4.78, 5) is 10.4. The topological polar surface area (TPSA) is 47.9 Å². The normalized spacial score (nSPS) is 15.7. The van der Waals surface area contributed by atoms with E-state index in [0.29, 0.717) is 19.5 Å². The monoisotopic (exact) mass is 536 g/mol. The summed E-state index contributed by atoms with van der Waals surface area (Å²) in [6.07, 6.45) is 20.0. The fourth-order valence-electron chi connectivity index (χ4n) is 4.75. The SMILES string of the molecule is C[N+](C)(C)CCCP(O)CCCCC(CCCCCCCCCC1=COCOC1)OCc1ccccc1. The van der Waals surface area contributed by atoms with Crippen molar-refractivity contribution in [1.29, 1.82) is 0 Å². The number of ether oxygens (including phenoxy) is 3. The van der Waals surface area contributed by atoms with E-state index >= 15 is 0 Å². The highest BCUT2D eigenvalue weighted by molar-refractivity contribution is 7.51. The Bertz CT molecular complexity index is 707. The van der Waals surface area contributed by atoms with Crippen LogP contribution < -0.4 is 0 Å². The highest BCUT2D eigenvalue weighted by atomic mass is 31.1. The molecule has 212 valence electrons. The maximum absolute atomic E-state index is 10.4. The van der Waals surface area contributed by atoms with Gasteiger partial charge in [0.05, 0.1) is 53.3 Å². The van der Waals surface area contributed by atoms with Crippen LogP contribution in [-0.4, -0.2) is 68.9 Å². The van der Waals surface area contributed by atoms with Gasteiger partial charge in [0.2, 0.25) is 0 Å². The second-order valence-corrected chi connectivity index (χ2v) is 13.6. The minimum Gasteiger partial charge on any atom is -0.475 e. The van der Waals surface area contributed by atoms with Crippen LogP contribution in [0, 0.1) is 0 Å². The molecule has 2 rings (SSSR count). The summed E-state index contributed by atoms with van der Waals surface area (Å²) in [5.74, 6) is 0. The Kier molecular flexibility index (Phi) is 17.4. The van der Waals surface area contributed by atoms with Crippen LogP contribution in [0.2, 0.25) is 0 Å². The van der Waals surface area contributed by atoms with Crippen molar-refractivity contribution < 1.29 is 23.6 Å². The zero-order valence-corrected chi connectivity index (χ0v) is 24.9. The first-order chi connectivity index (χ1) is 17.9. The third-order valence-electron chi connectivity index (χ3n) is 6.98. The third-order valence-corrected chi connectivity index (χ3v) is 8.64. The summed E-state index contributed by atoms with van der Waals surface area (Å²) >= 11 is 0. The van der Waals surface area contributed by atoms with Crippen LogP contribution in [0.15, 0.2) is 42.2 Å². The zero-order valence-electron chi connectivity index (χ0n) is 24.0. The molecule has 1 aliphatic rings. The van der Waals surface area contributed by atoms with Crippen LogP contribution >= 0.6 is 8.15 Å². The van der Waals surface area contributed by atoms with Gasteiger partial charge in [0.15, 0.2) is 6.79 Å². The number of nitrogens with zero attached hydrogens (tertiary/aromatic N) is 1. The lowest BCUT2D eigenvalue weighted by atomic mass is 10.0. The molecule has 0 bridgehead atoms.